The van der Waals surface area contributed by atoms with E-state index in [1.165, 1.54) is 6.42 Å². The lowest BCUT2D eigenvalue weighted by atomic mass is 9.77. The van der Waals surface area contributed by atoms with Gasteiger partial charge in [0, 0.05) is 6.61 Å². The van der Waals surface area contributed by atoms with E-state index in [1.54, 1.807) is 0 Å². The van der Waals surface area contributed by atoms with Gasteiger partial charge in [-0.05, 0) is 23.7 Å². The van der Waals surface area contributed by atoms with Crippen molar-refractivity contribution >= 4 is 0 Å². The molecular weight excluding hydrogens is 148 g/mol. The summed E-state index contributed by atoms with van der Waals surface area (Å²) < 4.78 is 5.79. The van der Waals surface area contributed by atoms with Crippen LogP contribution in [-0.2, 0) is 4.74 Å². The van der Waals surface area contributed by atoms with Crippen LogP contribution in [0.4, 0.5) is 0 Å². The van der Waals surface area contributed by atoms with Crippen LogP contribution in [0.25, 0.3) is 0 Å². The lowest BCUT2D eigenvalue weighted by Gasteiger charge is -2.33. The van der Waals surface area contributed by atoms with Crippen molar-refractivity contribution in [2.75, 3.05) is 6.61 Å². The van der Waals surface area contributed by atoms with E-state index in [0.717, 1.165) is 18.4 Å². The molecule has 1 heterocycles. The van der Waals surface area contributed by atoms with E-state index >= 15 is 0 Å². The highest BCUT2D eigenvalue weighted by molar-refractivity contribution is 4.86. The van der Waals surface area contributed by atoms with Crippen LogP contribution in [0.3, 0.4) is 0 Å². The van der Waals surface area contributed by atoms with Crippen LogP contribution < -0.4 is 0 Å². The Morgan fingerprint density at radius 2 is 1.83 bits per heavy atom. The maximum absolute atomic E-state index is 5.79. The van der Waals surface area contributed by atoms with E-state index in [1.807, 2.05) is 0 Å². The normalized spacial score (nSPS) is 31.5. The molecule has 0 spiro atoms. The smallest absolute Gasteiger partial charge is 0.0654 e. The molecule has 0 saturated carbocycles. The van der Waals surface area contributed by atoms with Crippen LogP contribution in [0.1, 0.15) is 41.0 Å². The largest absolute Gasteiger partial charge is 0.377 e. The molecule has 1 fully saturated rings. The Labute approximate surface area is 76.5 Å². The average molecular weight is 170 g/mol. The Balaban J connectivity index is 2.64. The molecule has 1 aliphatic heterocycles. The van der Waals surface area contributed by atoms with Crippen LogP contribution in [-0.4, -0.2) is 12.7 Å². The molecule has 1 nitrogen and oxygen atoms in total. The van der Waals surface area contributed by atoms with Crippen molar-refractivity contribution in [3.8, 4) is 0 Å². The lowest BCUT2D eigenvalue weighted by molar-refractivity contribution is -0.00237. The molecule has 72 valence electrons. The van der Waals surface area contributed by atoms with Gasteiger partial charge in [-0.1, -0.05) is 34.6 Å². The summed E-state index contributed by atoms with van der Waals surface area (Å²) >= 11 is 0. The highest BCUT2D eigenvalue weighted by Gasteiger charge is 2.38. The van der Waals surface area contributed by atoms with Gasteiger partial charge in [-0.2, -0.15) is 0 Å². The fourth-order valence-electron chi connectivity index (χ4n) is 2.18. The Bertz CT molecular complexity index is 144. The summed E-state index contributed by atoms with van der Waals surface area (Å²) in [6, 6.07) is 0. The molecule has 2 atom stereocenters. The predicted octanol–water partition coefficient (Wildman–Crippen LogP) is 3.09. The van der Waals surface area contributed by atoms with Crippen molar-refractivity contribution in [3.05, 3.63) is 0 Å². The van der Waals surface area contributed by atoms with Gasteiger partial charge in [-0.25, -0.2) is 0 Å². The highest BCUT2D eigenvalue weighted by atomic mass is 16.5. The van der Waals surface area contributed by atoms with Crippen molar-refractivity contribution in [2.24, 2.45) is 17.3 Å². The van der Waals surface area contributed by atoms with Gasteiger partial charge in [0.1, 0.15) is 0 Å². The molecule has 1 saturated heterocycles. The van der Waals surface area contributed by atoms with Crippen LogP contribution in [0.5, 0.6) is 0 Å². The molecule has 0 aromatic rings. The predicted molar refractivity (Wildman–Crippen MR) is 52.1 cm³/mol. The third-order valence-corrected chi connectivity index (χ3v) is 2.85. The molecular formula is C11H22O. The van der Waals surface area contributed by atoms with Gasteiger partial charge < -0.3 is 4.74 Å². The minimum atomic E-state index is 0.311. The topological polar surface area (TPSA) is 9.23 Å². The maximum atomic E-state index is 5.79. The molecule has 0 aliphatic carbocycles. The second kappa shape index (κ2) is 3.37. The minimum Gasteiger partial charge on any atom is -0.377 e. The van der Waals surface area contributed by atoms with Crippen LogP contribution in [0, 0.1) is 17.3 Å². The maximum Gasteiger partial charge on any atom is 0.0654 e. The number of rotatable bonds is 1. The molecule has 0 N–H and O–H groups in total. The summed E-state index contributed by atoms with van der Waals surface area (Å²) in [6.45, 7) is 12.4. The summed E-state index contributed by atoms with van der Waals surface area (Å²) in [5.74, 6) is 1.53. The molecule has 2 unspecified atom stereocenters. The first kappa shape index (κ1) is 10.0. The Morgan fingerprint density at radius 3 is 2.17 bits per heavy atom. The van der Waals surface area contributed by atoms with E-state index in [4.69, 9.17) is 4.74 Å². The first-order valence-corrected chi connectivity index (χ1v) is 5.04. The Hall–Kier alpha value is -0.0400. The fourth-order valence-corrected chi connectivity index (χ4v) is 2.18. The second-order valence-corrected chi connectivity index (χ2v) is 5.35. The molecule has 0 aromatic heterocycles. The van der Waals surface area contributed by atoms with Gasteiger partial charge in [0.25, 0.3) is 0 Å². The molecule has 0 radical (unpaired) electrons. The Kier molecular flexibility index (Phi) is 2.82. The van der Waals surface area contributed by atoms with E-state index in [2.05, 4.69) is 34.6 Å². The molecule has 0 amide bonds. The molecule has 1 rings (SSSR count). The van der Waals surface area contributed by atoms with Gasteiger partial charge in [0.05, 0.1) is 6.10 Å². The van der Waals surface area contributed by atoms with E-state index in [-0.39, 0.29) is 0 Å². The summed E-state index contributed by atoms with van der Waals surface area (Å²) in [5, 5.41) is 0. The monoisotopic (exact) mass is 170 g/mol. The zero-order valence-electron chi connectivity index (χ0n) is 9.05. The first-order valence-electron chi connectivity index (χ1n) is 5.04. The standard InChI is InChI=1S/C11H22O/c1-8(2)9-6-7-12-10(9)11(3,4)5/h8-10H,6-7H2,1-5H3. The number of hydrogen-bond acceptors (Lipinski definition) is 1. The second-order valence-electron chi connectivity index (χ2n) is 5.35. The first-order chi connectivity index (χ1) is 5.43. The third kappa shape index (κ3) is 2.01. The van der Waals surface area contributed by atoms with Crippen molar-refractivity contribution in [3.63, 3.8) is 0 Å². The van der Waals surface area contributed by atoms with Gasteiger partial charge in [0.2, 0.25) is 0 Å². The zero-order chi connectivity index (χ0) is 9.35. The van der Waals surface area contributed by atoms with Crippen molar-refractivity contribution in [1.82, 2.24) is 0 Å². The highest BCUT2D eigenvalue weighted by Crippen LogP contribution is 2.38. The lowest BCUT2D eigenvalue weighted by Crippen LogP contribution is -2.33. The summed E-state index contributed by atoms with van der Waals surface area (Å²) in [4.78, 5) is 0. The number of hydrogen-bond donors (Lipinski definition) is 0. The SMILES string of the molecule is CC(C)C1CCOC1C(C)(C)C. The van der Waals surface area contributed by atoms with Gasteiger partial charge >= 0.3 is 0 Å². The van der Waals surface area contributed by atoms with Crippen molar-refractivity contribution in [2.45, 2.75) is 47.1 Å². The summed E-state index contributed by atoms with van der Waals surface area (Å²) in [5.41, 5.74) is 0.311. The van der Waals surface area contributed by atoms with Crippen LogP contribution in [0.2, 0.25) is 0 Å². The third-order valence-electron chi connectivity index (χ3n) is 2.85. The zero-order valence-corrected chi connectivity index (χ0v) is 9.05. The minimum absolute atomic E-state index is 0.311. The molecule has 0 aromatic carbocycles. The van der Waals surface area contributed by atoms with Crippen molar-refractivity contribution < 1.29 is 4.74 Å². The quantitative estimate of drug-likeness (QED) is 0.587. The van der Waals surface area contributed by atoms with E-state index < -0.39 is 0 Å². The number of ether oxygens (including phenoxy) is 1. The van der Waals surface area contributed by atoms with Gasteiger partial charge in [-0.15, -0.1) is 0 Å². The van der Waals surface area contributed by atoms with Crippen LogP contribution >= 0.6 is 0 Å². The Morgan fingerprint density at radius 1 is 1.25 bits per heavy atom. The van der Waals surface area contributed by atoms with Gasteiger partial charge in [-0.3, -0.25) is 0 Å². The summed E-state index contributed by atoms with van der Waals surface area (Å²) in [6.07, 6.45) is 1.72. The average Bonchev–Trinajstić information content (AvgIpc) is 2.30. The summed E-state index contributed by atoms with van der Waals surface area (Å²) in [7, 11) is 0. The van der Waals surface area contributed by atoms with Crippen molar-refractivity contribution in [1.29, 1.82) is 0 Å². The van der Waals surface area contributed by atoms with E-state index in [9.17, 15) is 0 Å². The molecule has 12 heavy (non-hydrogen) atoms. The molecule has 0 bridgehead atoms. The van der Waals surface area contributed by atoms with Gasteiger partial charge in [0.15, 0.2) is 0 Å². The van der Waals surface area contributed by atoms with Crippen LogP contribution in [0.15, 0.2) is 0 Å². The fraction of sp³-hybridized carbons (Fsp3) is 1.00. The molecule has 1 aliphatic rings. The molecule has 1 heteroatoms. The van der Waals surface area contributed by atoms with E-state index in [0.29, 0.717) is 11.5 Å².